The Morgan fingerprint density at radius 3 is 2.25 bits per heavy atom. The van der Waals surface area contributed by atoms with Gasteiger partial charge in [-0.15, -0.1) is 0 Å². The smallest absolute Gasteiger partial charge is 0.312 e. The Balaban J connectivity index is 3.14. The van der Waals surface area contributed by atoms with Gasteiger partial charge in [-0.25, -0.2) is 4.39 Å². The average molecular weight is 453 g/mol. The summed E-state index contributed by atoms with van der Waals surface area (Å²) in [4.78, 5) is 60.9. The first-order valence-electron chi connectivity index (χ1n) is 10.0. The number of hydrogen-bond donors (Lipinski definition) is 3. The van der Waals surface area contributed by atoms with Gasteiger partial charge in [-0.05, 0) is 31.5 Å². The van der Waals surface area contributed by atoms with E-state index in [2.05, 4.69) is 10.6 Å². The van der Waals surface area contributed by atoms with Crippen molar-refractivity contribution in [2.75, 3.05) is 13.2 Å². The molecule has 32 heavy (non-hydrogen) atoms. The SMILES string of the molecule is CCOC(=O)C[C@H](C(=O)OCC)[C@H](NC(=O)[C@@H](Cc1cccc(F)c1)NC(C)=O)C(N)=O. The van der Waals surface area contributed by atoms with Gasteiger partial charge in [0.1, 0.15) is 17.9 Å². The molecule has 176 valence electrons. The molecule has 0 aromatic heterocycles. The third-order valence-electron chi connectivity index (χ3n) is 4.31. The fourth-order valence-electron chi connectivity index (χ4n) is 2.96. The molecular weight excluding hydrogens is 425 g/mol. The number of hydrogen-bond acceptors (Lipinski definition) is 7. The van der Waals surface area contributed by atoms with Gasteiger partial charge in [-0.2, -0.15) is 0 Å². The predicted octanol–water partition coefficient (Wildman–Crippen LogP) is -0.0245. The molecule has 0 unspecified atom stereocenters. The molecule has 4 N–H and O–H groups in total. The Labute approximate surface area is 185 Å². The summed E-state index contributed by atoms with van der Waals surface area (Å²) in [5, 5.41) is 4.73. The van der Waals surface area contributed by atoms with E-state index in [4.69, 9.17) is 15.2 Å². The quantitative estimate of drug-likeness (QED) is 0.376. The van der Waals surface area contributed by atoms with Crippen LogP contribution in [0.2, 0.25) is 0 Å². The first-order chi connectivity index (χ1) is 15.1. The van der Waals surface area contributed by atoms with E-state index in [1.165, 1.54) is 32.0 Å². The minimum absolute atomic E-state index is 0.0360. The highest BCUT2D eigenvalue weighted by atomic mass is 19.1. The lowest BCUT2D eigenvalue weighted by Gasteiger charge is -2.26. The van der Waals surface area contributed by atoms with Crippen LogP contribution >= 0.6 is 0 Å². The Hall–Kier alpha value is -3.50. The second-order valence-corrected chi connectivity index (χ2v) is 6.84. The minimum atomic E-state index is -1.62. The highest BCUT2D eigenvalue weighted by Crippen LogP contribution is 2.15. The standard InChI is InChI=1S/C21H28FN3O7/c1-4-31-17(27)11-15(21(30)32-5-2)18(19(23)28)25-20(29)16(24-12(3)26)10-13-7-6-8-14(22)9-13/h6-9,15-16,18H,4-5,10-11H2,1-3H3,(H2,23,28)(H,24,26)(H,25,29)/t15-,16+,18-/m0/s1. The Bertz CT molecular complexity index is 846. The zero-order valence-electron chi connectivity index (χ0n) is 18.2. The number of amides is 3. The second-order valence-electron chi connectivity index (χ2n) is 6.84. The fraction of sp³-hybridized carbons (Fsp3) is 0.476. The average Bonchev–Trinajstić information content (AvgIpc) is 2.69. The number of esters is 2. The third-order valence-corrected chi connectivity index (χ3v) is 4.31. The van der Waals surface area contributed by atoms with Crippen molar-refractivity contribution in [3.05, 3.63) is 35.6 Å². The van der Waals surface area contributed by atoms with Crippen molar-refractivity contribution in [1.29, 1.82) is 0 Å². The molecule has 1 aromatic rings. The van der Waals surface area contributed by atoms with E-state index in [1.54, 1.807) is 13.0 Å². The van der Waals surface area contributed by atoms with E-state index < -0.39 is 59.9 Å². The van der Waals surface area contributed by atoms with E-state index in [1.807, 2.05) is 0 Å². The van der Waals surface area contributed by atoms with Gasteiger partial charge < -0.3 is 25.8 Å². The van der Waals surface area contributed by atoms with Gasteiger partial charge in [0.05, 0.1) is 25.6 Å². The van der Waals surface area contributed by atoms with Gasteiger partial charge in [0.15, 0.2) is 0 Å². The zero-order valence-corrected chi connectivity index (χ0v) is 18.2. The molecule has 0 aliphatic rings. The van der Waals surface area contributed by atoms with Crippen LogP contribution in [0.1, 0.15) is 32.8 Å². The topological polar surface area (TPSA) is 154 Å². The number of carbonyl (C=O) groups excluding carboxylic acids is 5. The van der Waals surface area contributed by atoms with Gasteiger partial charge in [0, 0.05) is 13.3 Å². The van der Waals surface area contributed by atoms with Crippen LogP contribution in [0.4, 0.5) is 4.39 Å². The van der Waals surface area contributed by atoms with Crippen LogP contribution in [0.15, 0.2) is 24.3 Å². The summed E-state index contributed by atoms with van der Waals surface area (Å²) < 4.78 is 23.2. The molecule has 1 rings (SSSR count). The molecule has 0 spiro atoms. The van der Waals surface area contributed by atoms with Crippen molar-refractivity contribution in [3.63, 3.8) is 0 Å². The maximum atomic E-state index is 13.5. The van der Waals surface area contributed by atoms with Gasteiger partial charge in [-0.3, -0.25) is 24.0 Å². The zero-order chi connectivity index (χ0) is 24.3. The van der Waals surface area contributed by atoms with Crippen LogP contribution in [0, 0.1) is 11.7 Å². The van der Waals surface area contributed by atoms with Crippen LogP contribution in [0.5, 0.6) is 0 Å². The normalized spacial score (nSPS) is 13.2. The lowest BCUT2D eigenvalue weighted by molar-refractivity contribution is -0.157. The molecule has 3 amide bonds. The van der Waals surface area contributed by atoms with Crippen molar-refractivity contribution in [2.24, 2.45) is 11.7 Å². The molecule has 0 aliphatic carbocycles. The molecule has 3 atom stereocenters. The van der Waals surface area contributed by atoms with Gasteiger partial charge in [0.2, 0.25) is 17.7 Å². The number of nitrogens with two attached hydrogens (primary N) is 1. The summed E-state index contributed by atoms with van der Waals surface area (Å²) in [6, 6.07) is 2.58. The van der Waals surface area contributed by atoms with Gasteiger partial charge in [-0.1, -0.05) is 12.1 Å². The molecule has 0 bridgehead atoms. The molecule has 0 radical (unpaired) electrons. The molecule has 0 fully saturated rings. The monoisotopic (exact) mass is 453 g/mol. The summed E-state index contributed by atoms with van der Waals surface area (Å²) in [5.41, 5.74) is 5.80. The predicted molar refractivity (Wildman–Crippen MR) is 110 cm³/mol. The van der Waals surface area contributed by atoms with Crippen molar-refractivity contribution in [2.45, 2.75) is 45.7 Å². The summed E-state index contributed by atoms with van der Waals surface area (Å²) in [6.45, 7) is 4.28. The van der Waals surface area contributed by atoms with Crippen LogP contribution < -0.4 is 16.4 Å². The number of halogens is 1. The molecule has 1 aromatic carbocycles. The summed E-state index contributed by atoms with van der Waals surface area (Å²) in [7, 11) is 0. The van der Waals surface area contributed by atoms with E-state index in [0.29, 0.717) is 5.56 Å². The highest BCUT2D eigenvalue weighted by molar-refractivity contribution is 5.95. The van der Waals surface area contributed by atoms with Gasteiger partial charge in [0.25, 0.3) is 0 Å². The number of benzene rings is 1. The molecule has 0 aliphatic heterocycles. The molecular formula is C21H28FN3O7. The number of primary amides is 1. The summed E-state index contributed by atoms with van der Waals surface area (Å²) in [5.74, 6) is -6.18. The van der Waals surface area contributed by atoms with E-state index in [0.717, 1.165) is 0 Å². The largest absolute Gasteiger partial charge is 0.466 e. The van der Waals surface area contributed by atoms with Crippen LogP contribution in [0.25, 0.3) is 0 Å². The molecule has 0 heterocycles. The van der Waals surface area contributed by atoms with Crippen LogP contribution in [-0.4, -0.2) is 55.0 Å². The molecule has 10 nitrogen and oxygen atoms in total. The second kappa shape index (κ2) is 13.0. The van der Waals surface area contributed by atoms with Crippen molar-refractivity contribution < 1.29 is 37.8 Å². The van der Waals surface area contributed by atoms with Crippen molar-refractivity contribution in [1.82, 2.24) is 10.6 Å². The Kier molecular flexibility index (Phi) is 10.8. The molecule has 11 heteroatoms. The summed E-state index contributed by atoms with van der Waals surface area (Å²) in [6.07, 6.45) is -0.661. The Morgan fingerprint density at radius 2 is 1.72 bits per heavy atom. The minimum Gasteiger partial charge on any atom is -0.466 e. The lowest BCUT2D eigenvalue weighted by Crippen LogP contribution is -2.57. The van der Waals surface area contributed by atoms with Crippen molar-refractivity contribution >= 4 is 29.7 Å². The van der Waals surface area contributed by atoms with Crippen LogP contribution in [-0.2, 0) is 39.9 Å². The number of rotatable bonds is 12. The number of ether oxygens (including phenoxy) is 2. The fourth-order valence-corrected chi connectivity index (χ4v) is 2.96. The summed E-state index contributed by atoms with van der Waals surface area (Å²) >= 11 is 0. The Morgan fingerprint density at radius 1 is 1.06 bits per heavy atom. The highest BCUT2D eigenvalue weighted by Gasteiger charge is 2.38. The maximum Gasteiger partial charge on any atom is 0.312 e. The number of nitrogens with one attached hydrogen (secondary N) is 2. The van der Waals surface area contributed by atoms with E-state index >= 15 is 0 Å². The van der Waals surface area contributed by atoms with Crippen molar-refractivity contribution in [3.8, 4) is 0 Å². The third kappa shape index (κ3) is 8.70. The van der Waals surface area contributed by atoms with Gasteiger partial charge >= 0.3 is 11.9 Å². The lowest BCUT2D eigenvalue weighted by atomic mass is 9.94. The number of carbonyl (C=O) groups is 5. The van der Waals surface area contributed by atoms with Crippen LogP contribution in [0.3, 0.4) is 0 Å². The first kappa shape index (κ1) is 26.5. The molecule has 0 saturated heterocycles. The van der Waals surface area contributed by atoms with E-state index in [-0.39, 0.29) is 19.6 Å². The van der Waals surface area contributed by atoms with E-state index in [9.17, 15) is 28.4 Å². The molecule has 0 saturated carbocycles. The first-order valence-corrected chi connectivity index (χ1v) is 10.0. The maximum absolute atomic E-state index is 13.5.